The zero-order chi connectivity index (χ0) is 15.1. The summed E-state index contributed by atoms with van der Waals surface area (Å²) in [6.07, 6.45) is 1.75. The molecule has 0 saturated carbocycles. The Labute approximate surface area is 126 Å². The van der Waals surface area contributed by atoms with Crippen LogP contribution >= 0.6 is 0 Å². The van der Waals surface area contributed by atoms with Gasteiger partial charge in [0, 0.05) is 32.0 Å². The van der Waals surface area contributed by atoms with Gasteiger partial charge in [0.25, 0.3) is 0 Å². The lowest BCUT2D eigenvalue weighted by atomic mass is 10.1. The Morgan fingerprint density at radius 2 is 2.05 bits per heavy atom. The molecule has 0 aliphatic rings. The number of nitrogens with one attached hydrogen (secondary N) is 1. The minimum Gasteiger partial charge on any atom is -0.438 e. The summed E-state index contributed by atoms with van der Waals surface area (Å²) in [5, 5.41) is 3.31. The first-order valence-corrected chi connectivity index (χ1v) is 7.09. The molecular weight excluding hydrogens is 264 g/mol. The van der Waals surface area contributed by atoms with Crippen LogP contribution in [0.2, 0.25) is 0 Å². The molecule has 0 fully saturated rings. The van der Waals surface area contributed by atoms with Crippen LogP contribution in [0.4, 0.5) is 0 Å². The Morgan fingerprint density at radius 1 is 1.19 bits per heavy atom. The molecule has 0 aliphatic heterocycles. The molecule has 4 nitrogen and oxygen atoms in total. The third-order valence-corrected chi connectivity index (χ3v) is 3.20. The Balaban J connectivity index is 2.10. The molecule has 1 N–H and O–H groups in total. The fourth-order valence-corrected chi connectivity index (χ4v) is 1.97. The summed E-state index contributed by atoms with van der Waals surface area (Å²) in [4.78, 5) is 4.35. The van der Waals surface area contributed by atoms with Crippen LogP contribution in [0.5, 0.6) is 11.6 Å². The highest BCUT2D eigenvalue weighted by molar-refractivity contribution is 5.39. The van der Waals surface area contributed by atoms with Crippen molar-refractivity contribution < 1.29 is 9.47 Å². The number of aryl methyl sites for hydroxylation is 2. The number of aromatic nitrogens is 1. The van der Waals surface area contributed by atoms with Gasteiger partial charge in [-0.3, -0.25) is 0 Å². The highest BCUT2D eigenvalue weighted by Crippen LogP contribution is 2.26. The molecule has 0 bridgehead atoms. The second-order valence-electron chi connectivity index (χ2n) is 5.01. The largest absolute Gasteiger partial charge is 0.438 e. The lowest BCUT2D eigenvalue weighted by molar-refractivity contribution is 0.199. The minimum atomic E-state index is 0.649. The molecule has 2 aromatic rings. The number of rotatable bonds is 7. The summed E-state index contributed by atoms with van der Waals surface area (Å²) in [7, 11) is 1.70. The topological polar surface area (TPSA) is 43.4 Å². The van der Waals surface area contributed by atoms with Gasteiger partial charge in [0.1, 0.15) is 5.75 Å². The van der Waals surface area contributed by atoms with E-state index in [1.165, 1.54) is 5.56 Å². The molecule has 1 heterocycles. The Kier molecular flexibility index (Phi) is 5.72. The monoisotopic (exact) mass is 286 g/mol. The van der Waals surface area contributed by atoms with E-state index in [1.54, 1.807) is 13.3 Å². The SMILES string of the molecule is COCCNCc1cccnc1Oc1cc(C)ccc1C. The quantitative estimate of drug-likeness (QED) is 0.794. The van der Waals surface area contributed by atoms with E-state index in [2.05, 4.69) is 29.4 Å². The predicted molar refractivity (Wildman–Crippen MR) is 83.8 cm³/mol. The molecule has 0 amide bonds. The number of benzene rings is 1. The second-order valence-corrected chi connectivity index (χ2v) is 5.01. The van der Waals surface area contributed by atoms with Crippen molar-refractivity contribution in [1.29, 1.82) is 0 Å². The number of hydrogen-bond acceptors (Lipinski definition) is 4. The standard InChI is InChI=1S/C17H22N2O2/c1-13-6-7-14(2)16(11-13)21-17-15(5-4-8-19-17)12-18-9-10-20-3/h4-8,11,18H,9-10,12H2,1-3H3. The van der Waals surface area contributed by atoms with Crippen molar-refractivity contribution in [3.63, 3.8) is 0 Å². The molecule has 0 radical (unpaired) electrons. The molecule has 1 aromatic heterocycles. The third-order valence-electron chi connectivity index (χ3n) is 3.20. The molecule has 21 heavy (non-hydrogen) atoms. The number of hydrogen-bond donors (Lipinski definition) is 1. The van der Waals surface area contributed by atoms with Crippen molar-refractivity contribution in [2.24, 2.45) is 0 Å². The van der Waals surface area contributed by atoms with Crippen LogP contribution in [0.1, 0.15) is 16.7 Å². The van der Waals surface area contributed by atoms with Gasteiger partial charge in [-0.1, -0.05) is 18.2 Å². The molecule has 4 heteroatoms. The van der Waals surface area contributed by atoms with Crippen LogP contribution in [-0.4, -0.2) is 25.2 Å². The molecule has 2 rings (SSSR count). The number of ether oxygens (including phenoxy) is 2. The summed E-state index contributed by atoms with van der Waals surface area (Å²) in [5.74, 6) is 1.50. The van der Waals surface area contributed by atoms with Gasteiger partial charge in [-0.15, -0.1) is 0 Å². The summed E-state index contributed by atoms with van der Waals surface area (Å²) < 4.78 is 11.0. The highest BCUT2D eigenvalue weighted by atomic mass is 16.5. The first-order valence-electron chi connectivity index (χ1n) is 7.09. The number of methoxy groups -OCH3 is 1. The van der Waals surface area contributed by atoms with E-state index in [0.717, 1.165) is 23.4 Å². The zero-order valence-corrected chi connectivity index (χ0v) is 12.8. The summed E-state index contributed by atoms with van der Waals surface area (Å²) >= 11 is 0. The van der Waals surface area contributed by atoms with E-state index in [1.807, 2.05) is 25.1 Å². The van der Waals surface area contributed by atoms with Crippen molar-refractivity contribution in [3.8, 4) is 11.6 Å². The van der Waals surface area contributed by atoms with Gasteiger partial charge in [-0.05, 0) is 37.1 Å². The molecule has 1 aromatic carbocycles. The van der Waals surface area contributed by atoms with E-state index in [-0.39, 0.29) is 0 Å². The van der Waals surface area contributed by atoms with Gasteiger partial charge in [0.15, 0.2) is 0 Å². The van der Waals surface area contributed by atoms with Gasteiger partial charge in [0.2, 0.25) is 5.88 Å². The van der Waals surface area contributed by atoms with Gasteiger partial charge < -0.3 is 14.8 Å². The van der Waals surface area contributed by atoms with Gasteiger partial charge >= 0.3 is 0 Å². The van der Waals surface area contributed by atoms with Crippen molar-refractivity contribution in [3.05, 3.63) is 53.2 Å². The van der Waals surface area contributed by atoms with Gasteiger partial charge in [0.05, 0.1) is 6.61 Å². The van der Waals surface area contributed by atoms with Gasteiger partial charge in [-0.25, -0.2) is 4.98 Å². The molecule has 0 saturated heterocycles. The average molecular weight is 286 g/mol. The highest BCUT2D eigenvalue weighted by Gasteiger charge is 2.08. The average Bonchev–Trinajstić information content (AvgIpc) is 2.49. The molecule has 0 aliphatic carbocycles. The first-order chi connectivity index (χ1) is 10.2. The van der Waals surface area contributed by atoms with E-state index in [9.17, 15) is 0 Å². The molecule has 0 unspecified atom stereocenters. The van der Waals surface area contributed by atoms with Crippen LogP contribution in [0.25, 0.3) is 0 Å². The third kappa shape index (κ3) is 4.55. The number of pyridine rings is 1. The van der Waals surface area contributed by atoms with Crippen LogP contribution in [-0.2, 0) is 11.3 Å². The lowest BCUT2D eigenvalue weighted by Gasteiger charge is -2.12. The fourth-order valence-electron chi connectivity index (χ4n) is 1.97. The van der Waals surface area contributed by atoms with Crippen molar-refractivity contribution in [2.45, 2.75) is 20.4 Å². The molecule has 112 valence electrons. The van der Waals surface area contributed by atoms with E-state index in [0.29, 0.717) is 19.0 Å². The summed E-state index contributed by atoms with van der Waals surface area (Å²) in [6.45, 7) is 6.28. The Hall–Kier alpha value is -1.91. The van der Waals surface area contributed by atoms with Crippen LogP contribution in [0.15, 0.2) is 36.5 Å². The summed E-state index contributed by atoms with van der Waals surface area (Å²) in [6, 6.07) is 10.1. The second kappa shape index (κ2) is 7.76. The predicted octanol–water partition coefficient (Wildman–Crippen LogP) is 3.23. The molecular formula is C17H22N2O2. The Bertz CT molecular complexity index is 585. The number of nitrogens with zero attached hydrogens (tertiary/aromatic N) is 1. The van der Waals surface area contributed by atoms with Crippen LogP contribution in [0.3, 0.4) is 0 Å². The van der Waals surface area contributed by atoms with Crippen molar-refractivity contribution in [1.82, 2.24) is 10.3 Å². The Morgan fingerprint density at radius 3 is 2.86 bits per heavy atom. The maximum Gasteiger partial charge on any atom is 0.223 e. The molecule has 0 atom stereocenters. The normalized spacial score (nSPS) is 10.6. The first kappa shape index (κ1) is 15.5. The fraction of sp³-hybridized carbons (Fsp3) is 0.353. The van der Waals surface area contributed by atoms with E-state index >= 15 is 0 Å². The van der Waals surface area contributed by atoms with Crippen molar-refractivity contribution in [2.75, 3.05) is 20.3 Å². The van der Waals surface area contributed by atoms with E-state index < -0.39 is 0 Å². The van der Waals surface area contributed by atoms with Crippen LogP contribution < -0.4 is 10.1 Å². The maximum absolute atomic E-state index is 6.00. The smallest absolute Gasteiger partial charge is 0.223 e. The van der Waals surface area contributed by atoms with Crippen molar-refractivity contribution >= 4 is 0 Å². The lowest BCUT2D eigenvalue weighted by Crippen LogP contribution is -2.19. The summed E-state index contributed by atoms with van der Waals surface area (Å²) in [5.41, 5.74) is 3.31. The van der Waals surface area contributed by atoms with Gasteiger partial charge in [-0.2, -0.15) is 0 Å². The minimum absolute atomic E-state index is 0.649. The molecule has 0 spiro atoms. The van der Waals surface area contributed by atoms with E-state index in [4.69, 9.17) is 9.47 Å². The zero-order valence-electron chi connectivity index (χ0n) is 12.8. The van der Waals surface area contributed by atoms with Crippen LogP contribution in [0, 0.1) is 13.8 Å². The maximum atomic E-state index is 6.00.